The van der Waals surface area contributed by atoms with Gasteiger partial charge in [0.15, 0.2) is 0 Å². The number of fused-ring (bicyclic) bond motifs is 1. The minimum absolute atomic E-state index is 0.00792. The number of carboxylic acid groups (broad SMARTS) is 1. The molecule has 1 amide bonds. The lowest BCUT2D eigenvalue weighted by Crippen LogP contribution is -2.47. The normalized spacial score (nSPS) is 53.6. The highest BCUT2D eigenvalue weighted by molar-refractivity contribution is 5.89. The zero-order valence-electron chi connectivity index (χ0n) is 7.51. The van der Waals surface area contributed by atoms with E-state index < -0.39 is 11.9 Å². The van der Waals surface area contributed by atoms with Gasteiger partial charge in [-0.3, -0.25) is 9.59 Å². The van der Waals surface area contributed by atoms with Crippen molar-refractivity contribution in [3.05, 3.63) is 0 Å². The van der Waals surface area contributed by atoms with Crippen molar-refractivity contribution >= 4 is 11.9 Å². The van der Waals surface area contributed by atoms with Crippen LogP contribution in [0, 0.1) is 23.7 Å². The van der Waals surface area contributed by atoms with Crippen molar-refractivity contribution in [1.82, 2.24) is 5.32 Å². The summed E-state index contributed by atoms with van der Waals surface area (Å²) in [5, 5.41) is 11.9. The summed E-state index contributed by atoms with van der Waals surface area (Å²) >= 11 is 0. The number of hydrogen-bond acceptors (Lipinski definition) is 3. The summed E-state index contributed by atoms with van der Waals surface area (Å²) in [5.41, 5.74) is 5.91. The first-order chi connectivity index (χ1) is 6.61. The smallest absolute Gasteiger partial charge is 0.307 e. The average Bonchev–Trinajstić information content (AvgIpc) is 2.67. The van der Waals surface area contributed by atoms with Gasteiger partial charge in [0.1, 0.15) is 0 Å². The number of nitrogens with two attached hydrogens (primary N) is 1. The lowest BCUT2D eigenvalue weighted by Gasteiger charge is -2.27. The molecule has 0 aromatic rings. The molecule has 0 unspecified atom stereocenters. The second-order valence-electron chi connectivity index (χ2n) is 4.56. The maximum absolute atomic E-state index is 11.5. The average molecular weight is 196 g/mol. The van der Waals surface area contributed by atoms with Gasteiger partial charge in [-0.1, -0.05) is 0 Å². The second kappa shape index (κ2) is 2.28. The molecule has 6 atom stereocenters. The molecule has 1 aliphatic heterocycles. The SMILES string of the molecule is N[C@@H]1[C@H]2C[C@H]3[C@@H]1NC(=O)[C@@H]3[C@@H]2C(=O)O. The lowest BCUT2D eigenvalue weighted by atomic mass is 9.78. The molecule has 0 spiro atoms. The van der Waals surface area contributed by atoms with Crippen molar-refractivity contribution in [2.45, 2.75) is 18.5 Å². The van der Waals surface area contributed by atoms with Crippen LogP contribution < -0.4 is 11.1 Å². The summed E-state index contributed by atoms with van der Waals surface area (Å²) in [4.78, 5) is 22.6. The topological polar surface area (TPSA) is 92.4 Å². The highest BCUT2D eigenvalue weighted by Gasteiger charge is 2.65. The number of aliphatic carboxylic acids is 1. The first-order valence-electron chi connectivity index (χ1n) is 4.90. The van der Waals surface area contributed by atoms with E-state index >= 15 is 0 Å². The minimum atomic E-state index is -0.867. The molecule has 2 bridgehead atoms. The van der Waals surface area contributed by atoms with Gasteiger partial charge in [-0.2, -0.15) is 0 Å². The summed E-state index contributed by atoms with van der Waals surface area (Å²) in [6, 6.07) is -0.128. The molecule has 4 N–H and O–H groups in total. The lowest BCUT2D eigenvalue weighted by molar-refractivity contribution is -0.147. The van der Waals surface area contributed by atoms with Crippen LogP contribution >= 0.6 is 0 Å². The molecule has 14 heavy (non-hydrogen) atoms. The maximum atomic E-state index is 11.5. The third kappa shape index (κ3) is 0.706. The van der Waals surface area contributed by atoms with Crippen LogP contribution in [0.15, 0.2) is 0 Å². The zero-order valence-corrected chi connectivity index (χ0v) is 7.51. The van der Waals surface area contributed by atoms with Crippen LogP contribution in [-0.4, -0.2) is 29.1 Å². The van der Waals surface area contributed by atoms with E-state index in [0.717, 1.165) is 6.42 Å². The Bertz CT molecular complexity index is 330. The molecule has 0 radical (unpaired) electrons. The van der Waals surface area contributed by atoms with Gasteiger partial charge < -0.3 is 16.2 Å². The Hall–Kier alpha value is -1.10. The molecule has 1 heterocycles. The van der Waals surface area contributed by atoms with Crippen LogP contribution in [0.25, 0.3) is 0 Å². The number of carbonyl (C=O) groups excluding carboxylic acids is 1. The summed E-state index contributed by atoms with van der Waals surface area (Å²) in [7, 11) is 0. The summed E-state index contributed by atoms with van der Waals surface area (Å²) in [5.74, 6) is -1.68. The van der Waals surface area contributed by atoms with Crippen LogP contribution in [0.4, 0.5) is 0 Å². The van der Waals surface area contributed by atoms with E-state index in [9.17, 15) is 9.59 Å². The van der Waals surface area contributed by atoms with Gasteiger partial charge >= 0.3 is 5.97 Å². The quantitative estimate of drug-likeness (QED) is 0.490. The predicted octanol–water partition coefficient (Wildman–Crippen LogP) is -1.22. The number of rotatable bonds is 1. The Morgan fingerprint density at radius 1 is 1.50 bits per heavy atom. The van der Waals surface area contributed by atoms with Crippen molar-refractivity contribution in [2.24, 2.45) is 29.4 Å². The summed E-state index contributed by atoms with van der Waals surface area (Å²) in [6.07, 6.45) is 0.798. The van der Waals surface area contributed by atoms with Crippen LogP contribution in [0.1, 0.15) is 6.42 Å². The van der Waals surface area contributed by atoms with E-state index in [1.807, 2.05) is 0 Å². The maximum Gasteiger partial charge on any atom is 0.307 e. The van der Waals surface area contributed by atoms with E-state index in [0.29, 0.717) is 0 Å². The van der Waals surface area contributed by atoms with E-state index in [2.05, 4.69) is 5.32 Å². The highest BCUT2D eigenvalue weighted by atomic mass is 16.4. The molecule has 0 aromatic carbocycles. The van der Waals surface area contributed by atoms with Crippen molar-refractivity contribution < 1.29 is 14.7 Å². The molecule has 3 fully saturated rings. The monoisotopic (exact) mass is 196 g/mol. The highest BCUT2D eigenvalue weighted by Crippen LogP contribution is 2.54. The zero-order chi connectivity index (χ0) is 10.0. The van der Waals surface area contributed by atoms with Gasteiger partial charge in [-0.25, -0.2) is 0 Å². The Morgan fingerprint density at radius 2 is 2.21 bits per heavy atom. The van der Waals surface area contributed by atoms with Crippen molar-refractivity contribution in [3.63, 3.8) is 0 Å². The Morgan fingerprint density at radius 3 is 2.86 bits per heavy atom. The molecule has 1 saturated heterocycles. The largest absolute Gasteiger partial charge is 0.481 e. The standard InChI is InChI=1S/C9H12N2O3/c10-6-2-1-3-4(5(2)9(13)14)8(12)11-7(3)6/h2-7H,1,10H2,(H,11,12)(H,13,14)/t2-,3+,4-,5+,6+,7-/m0/s1. The van der Waals surface area contributed by atoms with Crippen LogP contribution in [0.5, 0.6) is 0 Å². The number of hydrogen-bond donors (Lipinski definition) is 3. The molecule has 0 aromatic heterocycles. The Labute approximate surface area is 80.6 Å². The van der Waals surface area contributed by atoms with Gasteiger partial charge in [0.2, 0.25) is 5.91 Å². The van der Waals surface area contributed by atoms with E-state index in [1.54, 1.807) is 0 Å². The summed E-state index contributed by atoms with van der Waals surface area (Å²) in [6.45, 7) is 0. The van der Waals surface area contributed by atoms with Gasteiger partial charge in [0.25, 0.3) is 0 Å². The van der Waals surface area contributed by atoms with Gasteiger partial charge in [-0.05, 0) is 18.3 Å². The summed E-state index contributed by atoms with van der Waals surface area (Å²) < 4.78 is 0. The van der Waals surface area contributed by atoms with E-state index in [4.69, 9.17) is 10.8 Å². The predicted molar refractivity (Wildman–Crippen MR) is 46.1 cm³/mol. The van der Waals surface area contributed by atoms with Crippen LogP contribution in [0.3, 0.4) is 0 Å². The Balaban J connectivity index is 2.04. The fourth-order valence-electron chi connectivity index (χ4n) is 3.62. The molecular formula is C9H12N2O3. The van der Waals surface area contributed by atoms with Gasteiger partial charge in [-0.15, -0.1) is 0 Å². The molecule has 3 rings (SSSR count). The second-order valence-corrected chi connectivity index (χ2v) is 4.56. The van der Waals surface area contributed by atoms with Gasteiger partial charge in [0.05, 0.1) is 11.8 Å². The van der Waals surface area contributed by atoms with Crippen molar-refractivity contribution in [1.29, 1.82) is 0 Å². The molecule has 3 aliphatic rings. The molecule has 5 nitrogen and oxygen atoms in total. The molecule has 2 saturated carbocycles. The number of carboxylic acids is 1. The van der Waals surface area contributed by atoms with E-state index in [1.165, 1.54) is 0 Å². The van der Waals surface area contributed by atoms with E-state index in [-0.39, 0.29) is 35.7 Å². The molecule has 76 valence electrons. The first-order valence-corrected chi connectivity index (χ1v) is 4.90. The van der Waals surface area contributed by atoms with Crippen LogP contribution in [0.2, 0.25) is 0 Å². The fourth-order valence-corrected chi connectivity index (χ4v) is 3.62. The van der Waals surface area contributed by atoms with Crippen LogP contribution in [-0.2, 0) is 9.59 Å². The molecule has 2 aliphatic carbocycles. The number of amides is 1. The number of nitrogens with one attached hydrogen (secondary N) is 1. The third-order valence-electron chi connectivity index (χ3n) is 4.12. The number of carbonyl (C=O) groups is 2. The molecule has 5 heteroatoms. The third-order valence-corrected chi connectivity index (χ3v) is 4.12. The Kier molecular flexibility index (Phi) is 1.34. The minimum Gasteiger partial charge on any atom is -0.481 e. The molecular weight excluding hydrogens is 184 g/mol. The van der Waals surface area contributed by atoms with Gasteiger partial charge in [0, 0.05) is 12.1 Å². The fraction of sp³-hybridized carbons (Fsp3) is 0.778. The van der Waals surface area contributed by atoms with Crippen molar-refractivity contribution in [3.8, 4) is 0 Å². The first kappa shape index (κ1) is 8.23. The van der Waals surface area contributed by atoms with Crippen molar-refractivity contribution in [2.75, 3.05) is 0 Å².